The van der Waals surface area contributed by atoms with Gasteiger partial charge in [-0.3, -0.25) is 19.2 Å². The lowest BCUT2D eigenvalue weighted by Gasteiger charge is -2.62. The van der Waals surface area contributed by atoms with Gasteiger partial charge in [0.05, 0.1) is 12.7 Å². The molecule has 4 aliphatic rings. The Morgan fingerprint density at radius 3 is 2.66 bits per heavy atom. The van der Waals surface area contributed by atoms with Crippen LogP contribution >= 0.6 is 0 Å². The van der Waals surface area contributed by atoms with E-state index < -0.39 is 81.9 Å². The van der Waals surface area contributed by atoms with Crippen LogP contribution in [0.3, 0.4) is 0 Å². The lowest BCUT2D eigenvalue weighted by molar-refractivity contribution is -0.757. The minimum absolute atomic E-state index is 0.0582. The number of Topliss-reactive ketones (excluding diaryl/α,β-unsaturated/α-hetero) is 1. The van der Waals surface area contributed by atoms with Crippen LogP contribution in [0.2, 0.25) is 0 Å². The van der Waals surface area contributed by atoms with E-state index in [0.29, 0.717) is 12.0 Å². The van der Waals surface area contributed by atoms with E-state index in [4.69, 9.17) is 4.74 Å². The molecule has 0 bridgehead atoms. The molecule has 0 spiro atoms. The van der Waals surface area contributed by atoms with Crippen LogP contribution in [-0.2, 0) is 28.8 Å². The van der Waals surface area contributed by atoms with E-state index in [-0.39, 0.29) is 44.5 Å². The average Bonchev–Trinajstić information content (AvgIpc) is 3.11. The molecule has 8 atom stereocenters. The normalized spacial score (nSPS) is 39.1. The third-order valence-corrected chi connectivity index (χ3v) is 10.1. The highest BCUT2D eigenvalue weighted by Crippen LogP contribution is 2.70. The zero-order valence-corrected chi connectivity index (χ0v) is 23.4. The number of carbonyl (C=O) groups excluding carboxylic acids is 4. The summed E-state index contributed by atoms with van der Waals surface area (Å²) in [6.45, 7) is 3.45. The number of hydrogen-bond donors (Lipinski definition) is 3. The Kier molecular flexibility index (Phi) is 8.18. The summed E-state index contributed by atoms with van der Waals surface area (Å²) in [5.41, 5.74) is -5.90. The predicted octanol–water partition coefficient (Wildman–Crippen LogP) is 1.55. The number of rotatable bonds is 10. The molecular formula is C28H37FN2O10. The fraction of sp³-hybridized carbons (Fsp3) is 0.714. The number of ketones is 2. The van der Waals surface area contributed by atoms with Crippen LogP contribution in [0.1, 0.15) is 59.3 Å². The Morgan fingerprint density at radius 2 is 1.98 bits per heavy atom. The van der Waals surface area contributed by atoms with E-state index in [1.54, 1.807) is 20.8 Å². The lowest BCUT2D eigenvalue weighted by Crippen LogP contribution is -2.69. The molecule has 2 saturated carbocycles. The number of fused-ring (bicyclic) bond motifs is 5. The maximum atomic E-state index is 17.2. The van der Waals surface area contributed by atoms with Gasteiger partial charge in [-0.25, -0.2) is 4.39 Å². The minimum atomic E-state index is -2.10. The maximum absolute atomic E-state index is 17.2. The number of esters is 1. The molecule has 41 heavy (non-hydrogen) atoms. The number of carbonyl (C=O) groups is 4. The van der Waals surface area contributed by atoms with E-state index >= 15 is 4.39 Å². The van der Waals surface area contributed by atoms with Crippen molar-refractivity contribution in [2.45, 2.75) is 76.7 Å². The van der Waals surface area contributed by atoms with Crippen LogP contribution in [0.4, 0.5) is 4.39 Å². The Labute approximate surface area is 236 Å². The van der Waals surface area contributed by atoms with Crippen molar-refractivity contribution in [2.24, 2.45) is 28.6 Å². The van der Waals surface area contributed by atoms with Crippen molar-refractivity contribution in [2.75, 3.05) is 19.8 Å². The molecule has 0 saturated heterocycles. The van der Waals surface area contributed by atoms with Crippen molar-refractivity contribution in [3.05, 3.63) is 33.9 Å². The Bertz CT molecular complexity index is 1200. The second-order valence-electron chi connectivity index (χ2n) is 12.2. The Balaban J connectivity index is 1.43. The molecule has 0 aromatic rings. The number of ether oxygens (including phenoxy) is 1. The number of amides is 1. The van der Waals surface area contributed by atoms with Gasteiger partial charge in [0.2, 0.25) is 11.7 Å². The van der Waals surface area contributed by atoms with Gasteiger partial charge in [0, 0.05) is 29.6 Å². The summed E-state index contributed by atoms with van der Waals surface area (Å²) in [5.74, 6) is -4.22. The van der Waals surface area contributed by atoms with Crippen molar-refractivity contribution in [1.29, 1.82) is 0 Å². The highest BCUT2D eigenvalue weighted by molar-refractivity contribution is 5.94. The number of alkyl halides is 1. The molecule has 4 rings (SSSR count). The van der Waals surface area contributed by atoms with Gasteiger partial charge in [-0.15, -0.1) is 10.1 Å². The van der Waals surface area contributed by atoms with Crippen LogP contribution in [0.5, 0.6) is 0 Å². The van der Waals surface area contributed by atoms with E-state index in [1.165, 1.54) is 12.2 Å². The summed E-state index contributed by atoms with van der Waals surface area (Å²) in [6, 6.07) is 0. The van der Waals surface area contributed by atoms with Gasteiger partial charge in [-0.05, 0) is 50.5 Å². The maximum Gasteiger partial charge on any atom is 0.325 e. The number of aliphatic hydroxyl groups is 2. The molecule has 0 aromatic carbocycles. The standard InChI is InChI=1S/C28H37FN2O10/c1-16-11-20-19-7-6-17-12-18(32)8-9-25(17,2)27(19,29)21(33)13-26(20,3)28(16,37)22(34)15-40-24(36)14-30-23(35)5-4-10-41-31(38)39/h6,8-9,16,19-21,33,37H,4-5,7,10-15H2,1-3H3,(H,30,35)/t16-,19+,20+,21+,25+,26+,27+,28+/m1/s1. The first-order chi connectivity index (χ1) is 19.1. The molecule has 0 radical (unpaired) electrons. The van der Waals surface area contributed by atoms with E-state index in [9.17, 15) is 39.5 Å². The molecule has 4 aliphatic carbocycles. The zero-order valence-electron chi connectivity index (χ0n) is 23.4. The van der Waals surface area contributed by atoms with Gasteiger partial charge in [-0.2, -0.15) is 0 Å². The first-order valence-corrected chi connectivity index (χ1v) is 13.8. The van der Waals surface area contributed by atoms with Crippen LogP contribution in [-0.4, -0.2) is 75.9 Å². The van der Waals surface area contributed by atoms with Crippen LogP contribution in [0.15, 0.2) is 23.8 Å². The molecule has 226 valence electrons. The van der Waals surface area contributed by atoms with Crippen LogP contribution < -0.4 is 5.32 Å². The molecule has 0 heterocycles. The van der Waals surface area contributed by atoms with Crippen molar-refractivity contribution >= 4 is 23.4 Å². The SMILES string of the molecule is C[C@@H]1C[C@H]2[C@@H]3CC=C4CC(=O)C=C[C@]4(C)[C@@]3(F)[C@@H](O)C[C@]2(C)[C@@]1(O)C(=O)COC(=O)CNC(=O)CCCO[N+](=O)[O-]. The molecule has 0 unspecified atom stereocenters. The largest absolute Gasteiger partial charge is 0.456 e. The lowest BCUT2D eigenvalue weighted by atomic mass is 9.45. The molecule has 1 amide bonds. The van der Waals surface area contributed by atoms with Crippen molar-refractivity contribution in [1.82, 2.24) is 5.32 Å². The smallest absolute Gasteiger partial charge is 0.325 e. The third kappa shape index (κ3) is 4.86. The van der Waals surface area contributed by atoms with Gasteiger partial charge >= 0.3 is 5.97 Å². The van der Waals surface area contributed by atoms with Gasteiger partial charge in [0.1, 0.15) is 12.1 Å². The Hall–Kier alpha value is -3.19. The number of nitrogens with zero attached hydrogens (tertiary/aromatic N) is 1. The molecule has 0 aliphatic heterocycles. The molecular weight excluding hydrogens is 543 g/mol. The average molecular weight is 581 g/mol. The minimum Gasteiger partial charge on any atom is -0.456 e. The molecule has 13 heteroatoms. The number of halogens is 1. The molecule has 12 nitrogen and oxygen atoms in total. The fourth-order valence-corrected chi connectivity index (χ4v) is 7.98. The first-order valence-electron chi connectivity index (χ1n) is 13.8. The summed E-state index contributed by atoms with van der Waals surface area (Å²) in [4.78, 5) is 63.7. The topological polar surface area (TPSA) is 182 Å². The third-order valence-electron chi connectivity index (χ3n) is 10.1. The molecule has 0 aromatic heterocycles. The number of allylic oxidation sites excluding steroid dienone is 4. The predicted molar refractivity (Wildman–Crippen MR) is 139 cm³/mol. The van der Waals surface area contributed by atoms with Gasteiger partial charge < -0.3 is 25.1 Å². The van der Waals surface area contributed by atoms with Gasteiger partial charge in [-0.1, -0.05) is 31.6 Å². The summed E-state index contributed by atoms with van der Waals surface area (Å²) in [5, 5.41) is 34.7. The van der Waals surface area contributed by atoms with E-state index in [0.717, 1.165) is 0 Å². The van der Waals surface area contributed by atoms with E-state index in [2.05, 4.69) is 10.2 Å². The summed E-state index contributed by atoms with van der Waals surface area (Å²) < 4.78 is 22.3. The summed E-state index contributed by atoms with van der Waals surface area (Å²) in [6.07, 6.45) is 3.61. The van der Waals surface area contributed by atoms with Crippen molar-refractivity contribution in [3.63, 3.8) is 0 Å². The Morgan fingerprint density at radius 1 is 1.27 bits per heavy atom. The second kappa shape index (κ2) is 10.9. The quantitative estimate of drug-likeness (QED) is 0.113. The molecule has 2 fully saturated rings. The first kappa shape index (κ1) is 30.8. The zero-order chi connectivity index (χ0) is 30.4. The number of hydrogen-bond acceptors (Lipinski definition) is 10. The highest BCUT2D eigenvalue weighted by atomic mass is 19.1. The fourth-order valence-electron chi connectivity index (χ4n) is 7.98. The monoisotopic (exact) mass is 580 g/mol. The van der Waals surface area contributed by atoms with Gasteiger partial charge in [0.25, 0.3) is 5.09 Å². The number of nitrogens with one attached hydrogen (secondary N) is 1. The summed E-state index contributed by atoms with van der Waals surface area (Å²) >= 11 is 0. The van der Waals surface area contributed by atoms with Crippen molar-refractivity contribution in [3.8, 4) is 0 Å². The van der Waals surface area contributed by atoms with Crippen LogP contribution in [0, 0.1) is 38.7 Å². The van der Waals surface area contributed by atoms with Crippen LogP contribution in [0.25, 0.3) is 0 Å². The van der Waals surface area contributed by atoms with Gasteiger partial charge in [0.15, 0.2) is 18.1 Å². The number of aliphatic hydroxyl groups excluding tert-OH is 1. The highest BCUT2D eigenvalue weighted by Gasteiger charge is 2.75. The molecule has 3 N–H and O–H groups in total. The van der Waals surface area contributed by atoms with Crippen molar-refractivity contribution < 1.29 is 48.4 Å². The summed E-state index contributed by atoms with van der Waals surface area (Å²) in [7, 11) is 0. The second-order valence-corrected chi connectivity index (χ2v) is 12.2. The van der Waals surface area contributed by atoms with E-state index in [1.807, 2.05) is 6.08 Å².